The van der Waals surface area contributed by atoms with Gasteiger partial charge in [-0.2, -0.15) is 0 Å². The molecule has 0 amide bonds. The summed E-state index contributed by atoms with van der Waals surface area (Å²) in [5, 5.41) is 3.53. The topological polar surface area (TPSA) is 62.9 Å². The third-order valence-electron chi connectivity index (χ3n) is 3.72. The molecule has 1 heterocycles. The van der Waals surface area contributed by atoms with E-state index in [0.717, 1.165) is 32.0 Å². The SMILES string of the molecule is CC(C)C(CN=C(N)N1CCOCC1)Nc1ccccc1.I. The highest BCUT2D eigenvalue weighted by atomic mass is 127. The molecule has 1 aliphatic rings. The lowest BCUT2D eigenvalue weighted by molar-refractivity contribution is 0.0674. The molecule has 0 spiro atoms. The van der Waals surface area contributed by atoms with Crippen LogP contribution in [-0.2, 0) is 4.74 Å². The van der Waals surface area contributed by atoms with Gasteiger partial charge in [-0.1, -0.05) is 32.0 Å². The number of nitrogens with two attached hydrogens (primary N) is 1. The molecule has 3 N–H and O–H groups in total. The highest BCUT2D eigenvalue weighted by Gasteiger charge is 2.15. The van der Waals surface area contributed by atoms with Gasteiger partial charge in [0.05, 0.1) is 19.8 Å². The van der Waals surface area contributed by atoms with Crippen LogP contribution >= 0.6 is 24.0 Å². The van der Waals surface area contributed by atoms with Crippen molar-refractivity contribution in [3.8, 4) is 0 Å². The fourth-order valence-corrected chi connectivity index (χ4v) is 2.26. The number of nitrogens with zero attached hydrogens (tertiary/aromatic N) is 2. The Balaban J connectivity index is 0.00000242. The standard InChI is InChI=1S/C16H26N4O.HI/c1-13(2)15(19-14-6-4-3-5-7-14)12-18-16(17)20-8-10-21-11-9-20;/h3-7,13,15,19H,8-12H2,1-2H3,(H2,17,18);1H. The zero-order valence-corrected chi connectivity index (χ0v) is 15.7. The number of hydrogen-bond acceptors (Lipinski definition) is 3. The molecule has 1 aromatic carbocycles. The fourth-order valence-electron chi connectivity index (χ4n) is 2.26. The maximum atomic E-state index is 6.08. The maximum Gasteiger partial charge on any atom is 0.191 e. The lowest BCUT2D eigenvalue weighted by Crippen LogP contribution is -2.45. The molecule has 0 aliphatic carbocycles. The Morgan fingerprint density at radius 2 is 1.91 bits per heavy atom. The lowest BCUT2D eigenvalue weighted by atomic mass is 10.0. The second-order valence-corrected chi connectivity index (χ2v) is 5.66. The average molecular weight is 418 g/mol. The van der Waals surface area contributed by atoms with Gasteiger partial charge in [-0.15, -0.1) is 24.0 Å². The second kappa shape index (κ2) is 9.89. The van der Waals surface area contributed by atoms with Crippen LogP contribution in [0.4, 0.5) is 5.69 Å². The number of morpholine rings is 1. The largest absolute Gasteiger partial charge is 0.380 e. The first-order valence-electron chi connectivity index (χ1n) is 7.61. The van der Waals surface area contributed by atoms with Crippen molar-refractivity contribution < 1.29 is 4.74 Å². The molecule has 22 heavy (non-hydrogen) atoms. The van der Waals surface area contributed by atoms with Gasteiger partial charge in [0.2, 0.25) is 0 Å². The number of guanidine groups is 1. The number of nitrogens with one attached hydrogen (secondary N) is 1. The van der Waals surface area contributed by atoms with Crippen molar-refractivity contribution in [2.75, 3.05) is 38.2 Å². The minimum Gasteiger partial charge on any atom is -0.380 e. The van der Waals surface area contributed by atoms with Crippen LogP contribution in [0.5, 0.6) is 0 Å². The number of halogens is 1. The molecular weight excluding hydrogens is 391 g/mol. The molecule has 0 saturated carbocycles. The molecular formula is C16H27IN4O. The first-order chi connectivity index (χ1) is 10.2. The van der Waals surface area contributed by atoms with Gasteiger partial charge in [0, 0.05) is 24.8 Å². The smallest absolute Gasteiger partial charge is 0.191 e. The van der Waals surface area contributed by atoms with Crippen molar-refractivity contribution >= 4 is 35.6 Å². The summed E-state index contributed by atoms with van der Waals surface area (Å²) in [4.78, 5) is 6.65. The molecule has 0 aromatic heterocycles. The zero-order valence-electron chi connectivity index (χ0n) is 13.4. The molecule has 1 fully saturated rings. The lowest BCUT2D eigenvalue weighted by Gasteiger charge is -2.28. The summed E-state index contributed by atoms with van der Waals surface area (Å²) in [6.07, 6.45) is 0. The molecule has 5 nitrogen and oxygen atoms in total. The first-order valence-corrected chi connectivity index (χ1v) is 7.61. The molecule has 6 heteroatoms. The molecule has 1 aliphatic heterocycles. The average Bonchev–Trinajstić information content (AvgIpc) is 2.52. The van der Waals surface area contributed by atoms with Crippen LogP contribution in [-0.4, -0.2) is 49.7 Å². The van der Waals surface area contributed by atoms with Crippen LogP contribution < -0.4 is 11.1 Å². The normalized spacial score (nSPS) is 17.0. The van der Waals surface area contributed by atoms with Gasteiger partial charge in [0.15, 0.2) is 5.96 Å². The van der Waals surface area contributed by atoms with E-state index in [1.54, 1.807) is 0 Å². The van der Waals surface area contributed by atoms with Crippen molar-refractivity contribution in [3.05, 3.63) is 30.3 Å². The van der Waals surface area contributed by atoms with Crippen LogP contribution in [0.15, 0.2) is 35.3 Å². The Kier molecular flexibility index (Phi) is 8.55. The van der Waals surface area contributed by atoms with Crippen molar-refractivity contribution in [2.24, 2.45) is 16.6 Å². The monoisotopic (exact) mass is 418 g/mol. The summed E-state index contributed by atoms with van der Waals surface area (Å²) >= 11 is 0. The molecule has 1 saturated heterocycles. The van der Waals surface area contributed by atoms with E-state index in [2.05, 4.69) is 41.2 Å². The van der Waals surface area contributed by atoms with E-state index in [-0.39, 0.29) is 30.0 Å². The number of para-hydroxylation sites is 1. The van der Waals surface area contributed by atoms with Gasteiger partial charge in [0.1, 0.15) is 0 Å². The highest BCUT2D eigenvalue weighted by Crippen LogP contribution is 2.12. The third kappa shape index (κ3) is 6.00. The Hall–Kier alpha value is -1.02. The van der Waals surface area contributed by atoms with E-state index in [4.69, 9.17) is 10.5 Å². The predicted molar refractivity (Wildman–Crippen MR) is 103 cm³/mol. The van der Waals surface area contributed by atoms with E-state index in [1.807, 2.05) is 18.2 Å². The summed E-state index contributed by atoms with van der Waals surface area (Å²) in [5.41, 5.74) is 7.20. The highest BCUT2D eigenvalue weighted by molar-refractivity contribution is 14.0. The number of hydrogen-bond donors (Lipinski definition) is 2. The number of aliphatic imine (C=N–C) groups is 1. The summed E-state index contributed by atoms with van der Waals surface area (Å²) in [6.45, 7) is 8.18. The van der Waals surface area contributed by atoms with E-state index in [9.17, 15) is 0 Å². The first kappa shape index (κ1) is 19.0. The number of anilines is 1. The predicted octanol–water partition coefficient (Wildman–Crippen LogP) is 2.39. The maximum absolute atomic E-state index is 6.08. The molecule has 1 unspecified atom stereocenters. The van der Waals surface area contributed by atoms with Crippen molar-refractivity contribution in [1.29, 1.82) is 0 Å². The van der Waals surface area contributed by atoms with Gasteiger partial charge >= 0.3 is 0 Å². The summed E-state index contributed by atoms with van der Waals surface area (Å²) in [7, 11) is 0. The van der Waals surface area contributed by atoms with Crippen molar-refractivity contribution in [2.45, 2.75) is 19.9 Å². The molecule has 1 aromatic rings. The van der Waals surface area contributed by atoms with Gasteiger partial charge in [0.25, 0.3) is 0 Å². The molecule has 124 valence electrons. The van der Waals surface area contributed by atoms with Crippen LogP contribution in [0, 0.1) is 5.92 Å². The Morgan fingerprint density at radius 3 is 2.50 bits per heavy atom. The molecule has 0 bridgehead atoms. The minimum atomic E-state index is 0. The van der Waals surface area contributed by atoms with Crippen molar-refractivity contribution in [3.63, 3.8) is 0 Å². The number of ether oxygens (including phenoxy) is 1. The van der Waals surface area contributed by atoms with Gasteiger partial charge < -0.3 is 20.7 Å². The molecule has 1 atom stereocenters. The fraction of sp³-hybridized carbons (Fsp3) is 0.562. The van der Waals surface area contributed by atoms with E-state index in [0.29, 0.717) is 18.4 Å². The second-order valence-electron chi connectivity index (χ2n) is 5.66. The summed E-state index contributed by atoms with van der Waals surface area (Å²) in [6, 6.07) is 10.5. The third-order valence-corrected chi connectivity index (χ3v) is 3.72. The zero-order chi connectivity index (χ0) is 15.1. The van der Waals surface area contributed by atoms with Crippen LogP contribution in [0.3, 0.4) is 0 Å². The number of rotatable bonds is 5. The minimum absolute atomic E-state index is 0. The summed E-state index contributed by atoms with van der Waals surface area (Å²) < 4.78 is 5.33. The van der Waals surface area contributed by atoms with E-state index in [1.165, 1.54) is 0 Å². The Bertz CT molecular complexity index is 447. The van der Waals surface area contributed by atoms with E-state index < -0.39 is 0 Å². The molecule has 2 rings (SSSR count). The Labute approximate surface area is 150 Å². The van der Waals surface area contributed by atoms with Crippen LogP contribution in [0.25, 0.3) is 0 Å². The number of benzene rings is 1. The van der Waals surface area contributed by atoms with Gasteiger partial charge in [-0.25, -0.2) is 0 Å². The van der Waals surface area contributed by atoms with E-state index >= 15 is 0 Å². The quantitative estimate of drug-likeness (QED) is 0.438. The van der Waals surface area contributed by atoms with Crippen LogP contribution in [0.1, 0.15) is 13.8 Å². The van der Waals surface area contributed by atoms with Crippen molar-refractivity contribution in [1.82, 2.24) is 4.90 Å². The summed E-state index contributed by atoms with van der Waals surface area (Å²) in [5.74, 6) is 1.10. The Morgan fingerprint density at radius 1 is 1.27 bits per heavy atom. The molecule has 0 radical (unpaired) electrons. The van der Waals surface area contributed by atoms with Crippen LogP contribution in [0.2, 0.25) is 0 Å². The van der Waals surface area contributed by atoms with Gasteiger partial charge in [-0.3, -0.25) is 4.99 Å². The van der Waals surface area contributed by atoms with Gasteiger partial charge in [-0.05, 0) is 18.1 Å².